The molecule has 28 heavy (non-hydrogen) atoms. The molecule has 142 valence electrons. The molecule has 5 nitrogen and oxygen atoms in total. The first-order valence-corrected chi connectivity index (χ1v) is 9.75. The lowest BCUT2D eigenvalue weighted by Crippen LogP contribution is -2.28. The standard InChI is InChI=1S/C23H24N4O/c1-18-10-12-20(13-11-18)27-17-25-23(24-16-26-14-6-3-7-15-26)21(27)22(28)19-8-4-2-5-9-19/h2,4-5,8-13,16-17H,3,6-7,14-15H2,1H3. The zero-order valence-electron chi connectivity index (χ0n) is 16.1. The number of aliphatic imine (C=N–C) groups is 1. The maximum absolute atomic E-state index is 13.3. The Balaban J connectivity index is 1.74. The maximum atomic E-state index is 13.3. The van der Waals surface area contributed by atoms with Gasteiger partial charge >= 0.3 is 0 Å². The number of aromatic nitrogens is 2. The van der Waals surface area contributed by atoms with Gasteiger partial charge in [0, 0.05) is 24.3 Å². The van der Waals surface area contributed by atoms with Crippen LogP contribution >= 0.6 is 0 Å². The number of aryl methyl sites for hydroxylation is 1. The molecule has 4 rings (SSSR count). The molecule has 0 atom stereocenters. The van der Waals surface area contributed by atoms with Crippen molar-refractivity contribution in [3.63, 3.8) is 0 Å². The van der Waals surface area contributed by atoms with Gasteiger partial charge in [0.2, 0.25) is 5.78 Å². The van der Waals surface area contributed by atoms with Crippen molar-refractivity contribution in [3.8, 4) is 5.69 Å². The van der Waals surface area contributed by atoms with Crippen LogP contribution in [-0.4, -0.2) is 39.7 Å². The molecule has 1 fully saturated rings. The van der Waals surface area contributed by atoms with Crippen LogP contribution in [0, 0.1) is 6.92 Å². The molecular formula is C23H24N4O. The number of piperidine rings is 1. The largest absolute Gasteiger partial charge is 0.363 e. The fraction of sp³-hybridized carbons (Fsp3) is 0.261. The summed E-state index contributed by atoms with van der Waals surface area (Å²) in [6.45, 7) is 4.05. The Morgan fingerprint density at radius 1 is 1.00 bits per heavy atom. The van der Waals surface area contributed by atoms with Gasteiger partial charge in [-0.1, -0.05) is 48.0 Å². The van der Waals surface area contributed by atoms with Crippen molar-refractivity contribution in [2.75, 3.05) is 13.1 Å². The first-order valence-electron chi connectivity index (χ1n) is 9.75. The molecular weight excluding hydrogens is 348 g/mol. The van der Waals surface area contributed by atoms with Gasteiger partial charge < -0.3 is 4.90 Å². The molecule has 1 saturated heterocycles. The van der Waals surface area contributed by atoms with Crippen LogP contribution in [0.3, 0.4) is 0 Å². The first-order chi connectivity index (χ1) is 13.7. The number of ketones is 1. The third-order valence-electron chi connectivity index (χ3n) is 5.05. The van der Waals surface area contributed by atoms with Gasteiger partial charge in [-0.15, -0.1) is 0 Å². The predicted molar refractivity (Wildman–Crippen MR) is 112 cm³/mol. The Bertz CT molecular complexity index is 968. The smallest absolute Gasteiger partial charge is 0.213 e. The van der Waals surface area contributed by atoms with Gasteiger partial charge in [0.25, 0.3) is 0 Å². The Hall–Kier alpha value is -3.21. The van der Waals surface area contributed by atoms with E-state index in [1.54, 1.807) is 6.33 Å². The van der Waals surface area contributed by atoms with Crippen molar-refractivity contribution in [2.45, 2.75) is 26.2 Å². The van der Waals surface area contributed by atoms with E-state index in [4.69, 9.17) is 0 Å². The van der Waals surface area contributed by atoms with Crippen molar-refractivity contribution >= 4 is 17.9 Å². The van der Waals surface area contributed by atoms with Crippen LogP contribution in [0.15, 0.2) is 65.9 Å². The lowest BCUT2D eigenvalue weighted by Gasteiger charge is -2.23. The average Bonchev–Trinajstić information content (AvgIpc) is 3.17. The second kappa shape index (κ2) is 8.21. The van der Waals surface area contributed by atoms with Crippen LogP contribution < -0.4 is 0 Å². The van der Waals surface area contributed by atoms with Crippen LogP contribution in [-0.2, 0) is 0 Å². The van der Waals surface area contributed by atoms with Gasteiger partial charge in [-0.25, -0.2) is 9.98 Å². The number of hydrogen-bond donors (Lipinski definition) is 0. The Morgan fingerprint density at radius 2 is 1.71 bits per heavy atom. The molecule has 1 aliphatic rings. The molecule has 1 aliphatic heterocycles. The van der Waals surface area contributed by atoms with Gasteiger partial charge in [-0.2, -0.15) is 0 Å². The van der Waals surface area contributed by atoms with E-state index < -0.39 is 0 Å². The lowest BCUT2D eigenvalue weighted by molar-refractivity contribution is 0.103. The van der Waals surface area contributed by atoms with E-state index in [0.29, 0.717) is 17.1 Å². The molecule has 0 amide bonds. The van der Waals surface area contributed by atoms with Gasteiger partial charge in [0.15, 0.2) is 5.82 Å². The molecule has 0 saturated carbocycles. The summed E-state index contributed by atoms with van der Waals surface area (Å²) in [7, 11) is 0. The van der Waals surface area contributed by atoms with Crippen LogP contribution in [0.5, 0.6) is 0 Å². The molecule has 2 heterocycles. The predicted octanol–water partition coefficient (Wildman–Crippen LogP) is 4.56. The molecule has 3 aromatic rings. The highest BCUT2D eigenvalue weighted by atomic mass is 16.1. The highest BCUT2D eigenvalue weighted by Crippen LogP contribution is 2.25. The molecule has 0 radical (unpaired) electrons. The fourth-order valence-electron chi connectivity index (χ4n) is 3.44. The molecule has 5 heteroatoms. The highest BCUT2D eigenvalue weighted by molar-refractivity contribution is 6.11. The van der Waals surface area contributed by atoms with Crippen molar-refractivity contribution < 1.29 is 4.79 Å². The van der Waals surface area contributed by atoms with E-state index in [1.807, 2.05) is 72.4 Å². The Kier molecular flexibility index (Phi) is 5.33. The topological polar surface area (TPSA) is 50.5 Å². The summed E-state index contributed by atoms with van der Waals surface area (Å²) in [4.78, 5) is 24.5. The first kappa shape index (κ1) is 18.2. The number of nitrogens with zero attached hydrogens (tertiary/aromatic N) is 4. The summed E-state index contributed by atoms with van der Waals surface area (Å²) < 4.78 is 1.83. The minimum atomic E-state index is -0.0792. The summed E-state index contributed by atoms with van der Waals surface area (Å²) in [5.41, 5.74) is 3.19. The summed E-state index contributed by atoms with van der Waals surface area (Å²) in [5, 5.41) is 0. The molecule has 2 aromatic carbocycles. The highest BCUT2D eigenvalue weighted by Gasteiger charge is 2.21. The summed E-state index contributed by atoms with van der Waals surface area (Å²) in [6, 6.07) is 17.4. The van der Waals surface area contributed by atoms with E-state index in [2.05, 4.69) is 14.9 Å². The molecule has 0 N–H and O–H groups in total. The SMILES string of the molecule is Cc1ccc(-n2cnc(N=CN3CCCCC3)c2C(=O)c2ccccc2)cc1. The molecule has 0 aliphatic carbocycles. The van der Waals surface area contributed by atoms with Crippen molar-refractivity contribution in [3.05, 3.63) is 77.7 Å². The number of carbonyl (C=O) groups is 1. The van der Waals surface area contributed by atoms with E-state index >= 15 is 0 Å². The number of carbonyl (C=O) groups excluding carboxylic acids is 1. The second-order valence-electron chi connectivity index (χ2n) is 7.16. The summed E-state index contributed by atoms with van der Waals surface area (Å²) in [6.07, 6.45) is 7.15. The molecule has 0 bridgehead atoms. The van der Waals surface area contributed by atoms with Crippen LogP contribution in [0.25, 0.3) is 5.69 Å². The van der Waals surface area contributed by atoms with Gasteiger partial charge in [-0.05, 0) is 38.3 Å². The second-order valence-corrected chi connectivity index (χ2v) is 7.16. The number of hydrogen-bond acceptors (Lipinski definition) is 3. The summed E-state index contributed by atoms with van der Waals surface area (Å²) in [5.74, 6) is 0.379. The number of benzene rings is 2. The number of likely N-dealkylation sites (tertiary alicyclic amines) is 1. The lowest BCUT2D eigenvalue weighted by atomic mass is 10.1. The van der Waals surface area contributed by atoms with Crippen molar-refractivity contribution in [1.82, 2.24) is 14.5 Å². The van der Waals surface area contributed by atoms with Crippen LogP contribution in [0.4, 0.5) is 5.82 Å². The van der Waals surface area contributed by atoms with E-state index in [0.717, 1.165) is 18.8 Å². The molecule has 0 spiro atoms. The van der Waals surface area contributed by atoms with E-state index in [-0.39, 0.29) is 5.78 Å². The Morgan fingerprint density at radius 3 is 2.43 bits per heavy atom. The third-order valence-corrected chi connectivity index (χ3v) is 5.05. The normalized spacial score (nSPS) is 14.5. The van der Waals surface area contributed by atoms with Crippen molar-refractivity contribution in [2.24, 2.45) is 4.99 Å². The zero-order chi connectivity index (χ0) is 19.3. The van der Waals surface area contributed by atoms with Crippen LogP contribution in [0.2, 0.25) is 0 Å². The molecule has 0 unspecified atom stereocenters. The van der Waals surface area contributed by atoms with Crippen LogP contribution in [0.1, 0.15) is 40.9 Å². The van der Waals surface area contributed by atoms with E-state index in [9.17, 15) is 4.79 Å². The van der Waals surface area contributed by atoms with E-state index in [1.165, 1.54) is 24.8 Å². The summed E-state index contributed by atoms with van der Waals surface area (Å²) >= 11 is 0. The monoisotopic (exact) mass is 372 g/mol. The fourth-order valence-corrected chi connectivity index (χ4v) is 3.44. The van der Waals surface area contributed by atoms with Crippen molar-refractivity contribution in [1.29, 1.82) is 0 Å². The van der Waals surface area contributed by atoms with Gasteiger partial charge in [0.05, 0.1) is 6.34 Å². The molecule has 1 aromatic heterocycles. The third kappa shape index (κ3) is 3.88. The average molecular weight is 372 g/mol. The number of rotatable bonds is 5. The quantitative estimate of drug-likeness (QED) is 0.375. The minimum Gasteiger partial charge on any atom is -0.363 e. The van der Waals surface area contributed by atoms with Gasteiger partial charge in [0.1, 0.15) is 12.0 Å². The number of imidazole rings is 1. The Labute approximate surface area is 165 Å². The zero-order valence-corrected chi connectivity index (χ0v) is 16.1. The van der Waals surface area contributed by atoms with Gasteiger partial charge in [-0.3, -0.25) is 9.36 Å². The minimum absolute atomic E-state index is 0.0792. The maximum Gasteiger partial charge on any atom is 0.213 e.